The van der Waals surface area contributed by atoms with E-state index in [0.717, 1.165) is 45.2 Å². The number of hydrogen-bond acceptors (Lipinski definition) is 6. The van der Waals surface area contributed by atoms with E-state index in [4.69, 9.17) is 14.2 Å². The summed E-state index contributed by atoms with van der Waals surface area (Å²) in [7, 11) is 7.18. The first kappa shape index (κ1) is 31.3. The summed E-state index contributed by atoms with van der Waals surface area (Å²) in [5.41, 5.74) is 1.56. The zero-order chi connectivity index (χ0) is 28.6. The van der Waals surface area contributed by atoms with Crippen LogP contribution in [-0.4, -0.2) is 88.4 Å². The average Bonchev–Trinajstić information content (AvgIpc) is 2.92. The van der Waals surface area contributed by atoms with E-state index in [2.05, 4.69) is 48.4 Å². The Hall–Kier alpha value is -2.22. The van der Waals surface area contributed by atoms with Gasteiger partial charge in [-0.2, -0.15) is 0 Å². The molecular formula is C32H50N2O5. The van der Waals surface area contributed by atoms with Gasteiger partial charge >= 0.3 is 5.97 Å². The summed E-state index contributed by atoms with van der Waals surface area (Å²) in [4.78, 5) is 30.0. The van der Waals surface area contributed by atoms with Crippen molar-refractivity contribution in [2.45, 2.75) is 58.5 Å². The Balaban J connectivity index is 1.61. The van der Waals surface area contributed by atoms with Gasteiger partial charge in [0.15, 0.2) is 0 Å². The first-order valence-corrected chi connectivity index (χ1v) is 14.5. The van der Waals surface area contributed by atoms with Crippen LogP contribution in [0.3, 0.4) is 0 Å². The number of rotatable bonds is 15. The minimum absolute atomic E-state index is 0.0349. The molecule has 0 N–H and O–H groups in total. The smallest absolute Gasteiger partial charge is 0.308 e. The summed E-state index contributed by atoms with van der Waals surface area (Å²) in [5.74, 6) is 0.433. The highest BCUT2D eigenvalue weighted by molar-refractivity contribution is 5.82. The average molecular weight is 543 g/mol. The molecule has 218 valence electrons. The second-order valence-electron chi connectivity index (χ2n) is 12.3. The standard InChI is InChI=1S/C32H50N2O5/c1-24(2)29(35)39-32(21-26-14-15-27(32)20-28(26)25-12-9-8-10-13-25)16-19-33(4)17-11-18-34(5)30(36)31(3,22-37-6)23-38-7/h8-10,12-13,20,24,26-27H,11,14-19,21-23H2,1-7H3/t26-,27-,32+/m0/s1. The number of nitrogens with zero attached hydrogens (tertiary/aromatic N) is 2. The molecule has 3 aliphatic carbocycles. The Bertz CT molecular complexity index is 972. The van der Waals surface area contributed by atoms with Crippen molar-refractivity contribution in [3.05, 3.63) is 42.0 Å². The van der Waals surface area contributed by atoms with Gasteiger partial charge in [-0.05, 0) is 63.3 Å². The van der Waals surface area contributed by atoms with Crippen molar-refractivity contribution in [1.82, 2.24) is 9.80 Å². The summed E-state index contributed by atoms with van der Waals surface area (Å²) in [6, 6.07) is 10.6. The SMILES string of the molecule is COCC(C)(COC)C(=O)N(C)CCCN(C)CC[C@@]1(OC(=O)C(C)C)C[C@@H]2CC[C@H]1C=C2c1ccccc1. The zero-order valence-electron chi connectivity index (χ0n) is 25.2. The monoisotopic (exact) mass is 542 g/mol. The van der Waals surface area contributed by atoms with Gasteiger partial charge in [-0.25, -0.2) is 0 Å². The highest BCUT2D eigenvalue weighted by Crippen LogP contribution is 2.53. The fraction of sp³-hybridized carbons (Fsp3) is 0.688. The minimum atomic E-state index is -0.691. The van der Waals surface area contributed by atoms with Crippen LogP contribution in [0, 0.1) is 23.2 Å². The maximum atomic E-state index is 13.1. The van der Waals surface area contributed by atoms with E-state index in [0.29, 0.717) is 25.7 Å². The van der Waals surface area contributed by atoms with Gasteiger partial charge in [0.2, 0.25) is 5.91 Å². The van der Waals surface area contributed by atoms with Crippen LogP contribution < -0.4 is 0 Å². The van der Waals surface area contributed by atoms with Crippen LogP contribution in [0.15, 0.2) is 36.4 Å². The van der Waals surface area contributed by atoms with Crippen LogP contribution in [-0.2, 0) is 23.8 Å². The molecule has 0 heterocycles. The number of hydrogen-bond donors (Lipinski definition) is 0. The molecule has 1 fully saturated rings. The Morgan fingerprint density at radius 3 is 2.26 bits per heavy atom. The molecule has 39 heavy (non-hydrogen) atoms. The molecule has 0 aliphatic heterocycles. The molecule has 1 aromatic carbocycles. The van der Waals surface area contributed by atoms with Crippen LogP contribution in [0.2, 0.25) is 0 Å². The second-order valence-corrected chi connectivity index (χ2v) is 12.3. The Morgan fingerprint density at radius 1 is 1.03 bits per heavy atom. The number of carbonyl (C=O) groups is 2. The van der Waals surface area contributed by atoms with E-state index in [1.807, 2.05) is 27.8 Å². The number of fused-ring (bicyclic) bond motifs is 2. The lowest BCUT2D eigenvalue weighted by Crippen LogP contribution is -2.51. The van der Waals surface area contributed by atoms with Gasteiger partial charge in [-0.15, -0.1) is 0 Å². The number of methoxy groups -OCH3 is 2. The first-order valence-electron chi connectivity index (χ1n) is 14.5. The van der Waals surface area contributed by atoms with Gasteiger partial charge in [0.05, 0.1) is 24.5 Å². The molecule has 1 aromatic rings. The third-order valence-electron chi connectivity index (χ3n) is 8.54. The van der Waals surface area contributed by atoms with Crippen molar-refractivity contribution < 1.29 is 23.8 Å². The van der Waals surface area contributed by atoms with Gasteiger partial charge < -0.3 is 24.0 Å². The summed E-state index contributed by atoms with van der Waals surface area (Å²) >= 11 is 0. The van der Waals surface area contributed by atoms with E-state index in [1.54, 1.807) is 19.1 Å². The quantitative estimate of drug-likeness (QED) is 0.294. The number of ether oxygens (including phenoxy) is 3. The van der Waals surface area contributed by atoms with Crippen LogP contribution in [0.1, 0.15) is 58.4 Å². The highest BCUT2D eigenvalue weighted by atomic mass is 16.6. The van der Waals surface area contributed by atoms with Crippen molar-refractivity contribution in [3.63, 3.8) is 0 Å². The van der Waals surface area contributed by atoms with E-state index in [-0.39, 0.29) is 23.7 Å². The van der Waals surface area contributed by atoms with E-state index in [1.165, 1.54) is 11.1 Å². The molecule has 3 aliphatic rings. The van der Waals surface area contributed by atoms with E-state index >= 15 is 0 Å². The normalized spacial score (nSPS) is 22.7. The maximum absolute atomic E-state index is 13.1. The third kappa shape index (κ3) is 7.71. The molecule has 0 spiro atoms. The Kier molecular flexibility index (Phi) is 11.2. The van der Waals surface area contributed by atoms with Crippen molar-refractivity contribution in [1.29, 1.82) is 0 Å². The van der Waals surface area contributed by atoms with Gasteiger partial charge in [-0.1, -0.05) is 50.3 Å². The topological polar surface area (TPSA) is 68.3 Å². The predicted octanol–water partition coefficient (Wildman–Crippen LogP) is 4.91. The number of benzene rings is 1. The Labute approximate surface area is 235 Å². The molecule has 0 unspecified atom stereocenters. The maximum Gasteiger partial charge on any atom is 0.308 e. The molecular weight excluding hydrogens is 492 g/mol. The summed E-state index contributed by atoms with van der Waals surface area (Å²) in [6.45, 7) is 8.72. The van der Waals surface area contributed by atoms with E-state index in [9.17, 15) is 9.59 Å². The van der Waals surface area contributed by atoms with Crippen molar-refractivity contribution in [3.8, 4) is 0 Å². The van der Waals surface area contributed by atoms with Gasteiger partial charge in [0.1, 0.15) is 5.60 Å². The summed E-state index contributed by atoms with van der Waals surface area (Å²) in [5, 5.41) is 0. The van der Waals surface area contributed by atoms with Crippen LogP contribution >= 0.6 is 0 Å². The molecule has 4 rings (SSSR count). The fourth-order valence-corrected chi connectivity index (χ4v) is 6.34. The molecule has 1 amide bonds. The van der Waals surface area contributed by atoms with Crippen molar-refractivity contribution in [2.24, 2.45) is 23.2 Å². The third-order valence-corrected chi connectivity index (χ3v) is 8.54. The molecule has 7 nitrogen and oxygen atoms in total. The molecule has 2 bridgehead atoms. The van der Waals surface area contributed by atoms with Crippen molar-refractivity contribution >= 4 is 17.4 Å². The largest absolute Gasteiger partial charge is 0.458 e. The Morgan fingerprint density at radius 2 is 1.69 bits per heavy atom. The molecule has 1 saturated carbocycles. The van der Waals surface area contributed by atoms with E-state index < -0.39 is 11.0 Å². The molecule has 0 aromatic heterocycles. The van der Waals surface area contributed by atoms with Gasteiger partial charge in [0.25, 0.3) is 0 Å². The van der Waals surface area contributed by atoms with Crippen LogP contribution in [0.5, 0.6) is 0 Å². The predicted molar refractivity (Wildman–Crippen MR) is 155 cm³/mol. The number of amides is 1. The van der Waals surface area contributed by atoms with Crippen molar-refractivity contribution in [2.75, 3.05) is 61.2 Å². The van der Waals surface area contributed by atoms with Crippen LogP contribution in [0.25, 0.3) is 5.57 Å². The lowest BCUT2D eigenvalue weighted by molar-refractivity contribution is -0.176. The molecule has 0 radical (unpaired) electrons. The zero-order valence-corrected chi connectivity index (χ0v) is 25.2. The lowest BCUT2D eigenvalue weighted by atomic mass is 9.60. The highest BCUT2D eigenvalue weighted by Gasteiger charge is 2.50. The lowest BCUT2D eigenvalue weighted by Gasteiger charge is -2.50. The molecule has 3 atom stereocenters. The molecule has 7 heteroatoms. The number of esters is 1. The first-order chi connectivity index (χ1) is 18.5. The summed E-state index contributed by atoms with van der Waals surface area (Å²) in [6.07, 6.45) is 7.17. The fourth-order valence-electron chi connectivity index (χ4n) is 6.34. The molecule has 0 saturated heterocycles. The summed E-state index contributed by atoms with van der Waals surface area (Å²) < 4.78 is 17.0. The number of carbonyl (C=O) groups excluding carboxylic acids is 2. The number of allylic oxidation sites excluding steroid dienone is 1. The minimum Gasteiger partial charge on any atom is -0.458 e. The van der Waals surface area contributed by atoms with Crippen LogP contribution in [0.4, 0.5) is 0 Å². The van der Waals surface area contributed by atoms with Gasteiger partial charge in [-0.3, -0.25) is 9.59 Å². The van der Waals surface area contributed by atoms with Gasteiger partial charge in [0, 0.05) is 46.7 Å². The second kappa shape index (κ2) is 13.9.